The van der Waals surface area contributed by atoms with Crippen LogP contribution < -0.4 is 10.6 Å². The van der Waals surface area contributed by atoms with Gasteiger partial charge in [0.05, 0.1) is 23.4 Å². The number of nitrogens with one attached hydrogen (secondary N) is 2. The van der Waals surface area contributed by atoms with Gasteiger partial charge in [0.25, 0.3) is 0 Å². The second-order valence-electron chi connectivity index (χ2n) is 6.48. The van der Waals surface area contributed by atoms with Gasteiger partial charge in [0.15, 0.2) is 5.96 Å². The van der Waals surface area contributed by atoms with Gasteiger partial charge in [-0.3, -0.25) is 4.99 Å². The Morgan fingerprint density at radius 3 is 2.96 bits per heavy atom. The molecule has 0 amide bonds. The first kappa shape index (κ1) is 23.6. The van der Waals surface area contributed by atoms with E-state index in [1.165, 1.54) is 5.01 Å². The average Bonchev–Trinajstić information content (AvgIpc) is 3.26. The van der Waals surface area contributed by atoms with Crippen molar-refractivity contribution in [2.24, 2.45) is 4.99 Å². The topological polar surface area (TPSA) is 67.8 Å². The lowest BCUT2D eigenvalue weighted by Crippen LogP contribution is -2.38. The second kappa shape index (κ2) is 13.7. The van der Waals surface area contributed by atoms with E-state index in [4.69, 9.17) is 9.47 Å². The van der Waals surface area contributed by atoms with Gasteiger partial charge in [-0.1, -0.05) is 13.8 Å². The predicted molar refractivity (Wildman–Crippen MR) is 119 cm³/mol. The lowest BCUT2D eigenvalue weighted by molar-refractivity contribution is 0.0424. The van der Waals surface area contributed by atoms with Crippen LogP contribution in [0.1, 0.15) is 50.2 Å². The van der Waals surface area contributed by atoms with Gasteiger partial charge in [-0.25, -0.2) is 4.98 Å². The zero-order chi connectivity index (χ0) is 17.9. The van der Waals surface area contributed by atoms with Crippen LogP contribution in [0.4, 0.5) is 0 Å². The van der Waals surface area contributed by atoms with Gasteiger partial charge in [-0.2, -0.15) is 0 Å². The number of halogens is 1. The molecule has 2 rings (SSSR count). The Balaban J connectivity index is 0.00000338. The van der Waals surface area contributed by atoms with Crippen LogP contribution in [0.5, 0.6) is 0 Å². The van der Waals surface area contributed by atoms with Crippen molar-refractivity contribution in [3.8, 4) is 0 Å². The number of hydrogen-bond donors (Lipinski definition) is 2. The van der Waals surface area contributed by atoms with Gasteiger partial charge < -0.3 is 20.1 Å². The molecule has 150 valence electrons. The summed E-state index contributed by atoms with van der Waals surface area (Å²) in [7, 11) is 0. The number of ether oxygens (including phenoxy) is 2. The number of hydrogen-bond acceptors (Lipinski definition) is 5. The van der Waals surface area contributed by atoms with Crippen LogP contribution in [0.2, 0.25) is 0 Å². The van der Waals surface area contributed by atoms with Crippen molar-refractivity contribution in [2.45, 2.75) is 52.1 Å². The van der Waals surface area contributed by atoms with Crippen LogP contribution >= 0.6 is 35.3 Å². The van der Waals surface area contributed by atoms with Crippen molar-refractivity contribution in [3.05, 3.63) is 16.1 Å². The maximum Gasteiger partial charge on any atom is 0.191 e. The highest BCUT2D eigenvalue weighted by Gasteiger charge is 2.15. The first-order valence-corrected chi connectivity index (χ1v) is 10.2. The van der Waals surface area contributed by atoms with E-state index in [1.54, 1.807) is 11.3 Å². The van der Waals surface area contributed by atoms with Crippen molar-refractivity contribution < 1.29 is 9.47 Å². The van der Waals surface area contributed by atoms with Gasteiger partial charge in [0, 0.05) is 50.6 Å². The predicted octanol–water partition coefficient (Wildman–Crippen LogP) is 3.18. The molecule has 0 bridgehead atoms. The summed E-state index contributed by atoms with van der Waals surface area (Å²) in [6, 6.07) is 0. The van der Waals surface area contributed by atoms with Gasteiger partial charge >= 0.3 is 0 Å². The fourth-order valence-electron chi connectivity index (χ4n) is 2.50. The van der Waals surface area contributed by atoms with Crippen molar-refractivity contribution in [2.75, 3.05) is 39.5 Å². The summed E-state index contributed by atoms with van der Waals surface area (Å²) in [6.45, 7) is 11.2. The largest absolute Gasteiger partial charge is 0.379 e. The highest BCUT2D eigenvalue weighted by atomic mass is 127. The molecule has 0 aromatic carbocycles. The molecule has 0 radical (unpaired) electrons. The Morgan fingerprint density at radius 1 is 1.46 bits per heavy atom. The third-order valence-corrected chi connectivity index (χ3v) is 5.09. The monoisotopic (exact) mass is 496 g/mol. The molecule has 0 spiro atoms. The van der Waals surface area contributed by atoms with Crippen LogP contribution in [0.15, 0.2) is 10.4 Å². The van der Waals surface area contributed by atoms with Crippen LogP contribution in [-0.2, 0) is 15.9 Å². The Kier molecular flexibility index (Phi) is 12.4. The minimum absolute atomic E-state index is 0. The Labute approximate surface area is 178 Å². The van der Waals surface area contributed by atoms with E-state index in [-0.39, 0.29) is 30.1 Å². The quantitative estimate of drug-likeness (QED) is 0.226. The Bertz CT molecular complexity index is 519. The van der Waals surface area contributed by atoms with E-state index in [0.717, 1.165) is 70.4 Å². The minimum atomic E-state index is 0. The third kappa shape index (κ3) is 8.96. The van der Waals surface area contributed by atoms with Crippen molar-refractivity contribution >= 4 is 41.3 Å². The lowest BCUT2D eigenvalue weighted by Gasteiger charge is -2.11. The van der Waals surface area contributed by atoms with Crippen molar-refractivity contribution in [1.29, 1.82) is 0 Å². The number of nitrogens with zero attached hydrogens (tertiary/aromatic N) is 2. The molecule has 2 N–H and O–H groups in total. The van der Waals surface area contributed by atoms with E-state index in [9.17, 15) is 0 Å². The Morgan fingerprint density at radius 2 is 2.31 bits per heavy atom. The molecular weight excluding hydrogens is 463 g/mol. The number of rotatable bonds is 10. The van der Waals surface area contributed by atoms with Crippen LogP contribution in [-0.4, -0.2) is 56.5 Å². The van der Waals surface area contributed by atoms with E-state index in [0.29, 0.717) is 5.92 Å². The molecule has 1 fully saturated rings. The van der Waals surface area contributed by atoms with E-state index < -0.39 is 0 Å². The fraction of sp³-hybridized carbons (Fsp3) is 0.778. The normalized spacial score (nSPS) is 17.4. The zero-order valence-corrected chi connectivity index (χ0v) is 19.3. The Hall–Kier alpha value is -0.450. The summed E-state index contributed by atoms with van der Waals surface area (Å²) in [5, 5.41) is 10.0. The smallest absolute Gasteiger partial charge is 0.191 e. The first-order valence-electron chi connectivity index (χ1n) is 9.34. The molecule has 2 heterocycles. The lowest BCUT2D eigenvalue weighted by atomic mass is 10.2. The van der Waals surface area contributed by atoms with Crippen LogP contribution in [0.25, 0.3) is 0 Å². The molecule has 1 aromatic heterocycles. The van der Waals surface area contributed by atoms with Crippen molar-refractivity contribution in [1.82, 2.24) is 15.6 Å². The number of aromatic nitrogens is 1. The fourth-order valence-corrected chi connectivity index (χ4v) is 3.37. The highest BCUT2D eigenvalue weighted by Crippen LogP contribution is 2.19. The SMILES string of the molecule is CCNC(=NCCCOC1CCOC1)NCCc1csc(C(C)C)n1.I. The summed E-state index contributed by atoms with van der Waals surface area (Å²) in [6.07, 6.45) is 3.14. The summed E-state index contributed by atoms with van der Waals surface area (Å²) < 4.78 is 11.1. The molecule has 1 atom stereocenters. The third-order valence-electron chi connectivity index (χ3n) is 3.90. The summed E-state index contributed by atoms with van der Waals surface area (Å²) >= 11 is 1.75. The molecule has 26 heavy (non-hydrogen) atoms. The zero-order valence-electron chi connectivity index (χ0n) is 16.1. The average molecular weight is 496 g/mol. The van der Waals surface area contributed by atoms with E-state index >= 15 is 0 Å². The van der Waals surface area contributed by atoms with Gasteiger partial charge in [-0.15, -0.1) is 35.3 Å². The molecule has 1 aliphatic rings. The molecule has 1 unspecified atom stereocenters. The number of aliphatic imine (C=N–C) groups is 1. The molecule has 1 aliphatic heterocycles. The van der Waals surface area contributed by atoms with Gasteiger partial charge in [0.2, 0.25) is 0 Å². The number of guanidine groups is 1. The summed E-state index contributed by atoms with van der Waals surface area (Å²) in [5.74, 6) is 1.37. The van der Waals surface area contributed by atoms with Crippen LogP contribution in [0, 0.1) is 0 Å². The summed E-state index contributed by atoms with van der Waals surface area (Å²) in [5.41, 5.74) is 1.16. The highest BCUT2D eigenvalue weighted by molar-refractivity contribution is 14.0. The van der Waals surface area contributed by atoms with E-state index in [1.807, 2.05) is 0 Å². The van der Waals surface area contributed by atoms with E-state index in [2.05, 4.69) is 46.8 Å². The number of thiazole rings is 1. The molecular formula is C18H33IN4O2S. The standard InChI is InChI=1S/C18H32N4O2S.HI/c1-4-19-18(20-8-5-10-24-16-7-11-23-12-16)21-9-6-15-13-25-17(22-15)14(2)3;/h13-14,16H,4-12H2,1-3H3,(H2,19,20,21);1H. The molecule has 8 heteroatoms. The molecule has 0 saturated carbocycles. The minimum Gasteiger partial charge on any atom is -0.379 e. The summed E-state index contributed by atoms with van der Waals surface area (Å²) in [4.78, 5) is 9.28. The molecule has 1 aromatic rings. The van der Waals surface area contributed by atoms with Crippen LogP contribution in [0.3, 0.4) is 0 Å². The molecule has 1 saturated heterocycles. The van der Waals surface area contributed by atoms with Crippen molar-refractivity contribution in [3.63, 3.8) is 0 Å². The molecule has 0 aliphatic carbocycles. The maximum absolute atomic E-state index is 5.76. The first-order chi connectivity index (χ1) is 12.2. The van der Waals surface area contributed by atoms with Gasteiger partial charge in [0.1, 0.15) is 0 Å². The second-order valence-corrected chi connectivity index (χ2v) is 7.37. The maximum atomic E-state index is 5.76. The molecule has 6 nitrogen and oxygen atoms in total. The van der Waals surface area contributed by atoms with Gasteiger partial charge in [-0.05, 0) is 19.8 Å².